The average molecular weight is 340 g/mol. The molecule has 0 radical (unpaired) electrons. The fourth-order valence-corrected chi connectivity index (χ4v) is 11.8. The quantitative estimate of drug-likeness (QED) is 0.293. The highest BCUT2D eigenvalue weighted by Crippen LogP contribution is 2.73. The van der Waals surface area contributed by atoms with Crippen molar-refractivity contribution < 1.29 is 17.3 Å². The van der Waals surface area contributed by atoms with Crippen LogP contribution in [0.2, 0.25) is 0 Å². The molecule has 1 aliphatic heterocycles. The molecule has 3 aliphatic rings. The molecule has 130 valence electrons. The molecular weight excluding hydrogens is 310 g/mol. The maximum Gasteiger partial charge on any atom is 0.673 e. The zero-order valence-electron chi connectivity index (χ0n) is 14.3. The fourth-order valence-electron chi connectivity index (χ4n) is 5.76. The van der Waals surface area contributed by atoms with Gasteiger partial charge in [-0.2, -0.15) is 0 Å². The summed E-state index contributed by atoms with van der Waals surface area (Å²) in [5, 5.41) is 1.39. The van der Waals surface area contributed by atoms with E-state index in [-0.39, 0.29) is 7.92 Å². The van der Waals surface area contributed by atoms with Gasteiger partial charge in [-0.3, -0.25) is 0 Å². The van der Waals surface area contributed by atoms with Crippen molar-refractivity contribution >= 4 is 15.2 Å². The Morgan fingerprint density at radius 3 is 1.73 bits per heavy atom. The van der Waals surface area contributed by atoms with Crippen LogP contribution >= 0.6 is 7.92 Å². The predicted molar refractivity (Wildman–Crippen MR) is 89.7 cm³/mol. The molecule has 1 unspecified atom stereocenters. The first-order chi connectivity index (χ1) is 9.90. The van der Waals surface area contributed by atoms with E-state index in [0.29, 0.717) is 10.3 Å². The van der Waals surface area contributed by atoms with Gasteiger partial charge in [0.05, 0.1) is 16.0 Å². The van der Waals surface area contributed by atoms with Crippen molar-refractivity contribution in [2.24, 2.45) is 11.8 Å². The van der Waals surface area contributed by atoms with E-state index in [1.54, 1.807) is 25.7 Å². The SMILES string of the molecule is CC1(C)CCCC(C)(C)[PH+]1C1C[C@H]2CC[C@@H]1C2.F[B-](F)(F)F. The molecule has 2 saturated carbocycles. The summed E-state index contributed by atoms with van der Waals surface area (Å²) in [4.78, 5) is 0. The second-order valence-electron chi connectivity index (χ2n) is 8.81. The fraction of sp³-hybridized carbons (Fsp3) is 1.00. The topological polar surface area (TPSA) is 0 Å². The molecular formula is C16H30BF4P. The van der Waals surface area contributed by atoms with E-state index < -0.39 is 7.25 Å². The van der Waals surface area contributed by atoms with Crippen molar-refractivity contribution in [1.82, 2.24) is 0 Å². The van der Waals surface area contributed by atoms with Gasteiger partial charge in [0.25, 0.3) is 0 Å². The van der Waals surface area contributed by atoms with Crippen molar-refractivity contribution in [3.63, 3.8) is 0 Å². The van der Waals surface area contributed by atoms with Gasteiger partial charge in [-0.1, -0.05) is 0 Å². The van der Waals surface area contributed by atoms with Gasteiger partial charge in [0.2, 0.25) is 0 Å². The maximum atomic E-state index is 9.75. The lowest BCUT2D eigenvalue weighted by Gasteiger charge is -2.47. The second kappa shape index (κ2) is 6.26. The van der Waals surface area contributed by atoms with Gasteiger partial charge < -0.3 is 17.3 Å². The number of halogens is 4. The van der Waals surface area contributed by atoms with Crippen LogP contribution in [-0.4, -0.2) is 23.2 Å². The highest BCUT2D eigenvalue weighted by atomic mass is 31.1. The van der Waals surface area contributed by atoms with Crippen LogP contribution in [0.4, 0.5) is 17.3 Å². The summed E-state index contributed by atoms with van der Waals surface area (Å²) in [7, 11) is -6.21. The Morgan fingerprint density at radius 1 is 0.864 bits per heavy atom. The number of hydrogen-bond acceptors (Lipinski definition) is 0. The molecule has 0 aromatic heterocycles. The lowest BCUT2D eigenvalue weighted by Crippen LogP contribution is -2.40. The number of hydrogen-bond donors (Lipinski definition) is 0. The van der Waals surface area contributed by atoms with Crippen molar-refractivity contribution in [3.05, 3.63) is 0 Å². The van der Waals surface area contributed by atoms with Crippen molar-refractivity contribution in [1.29, 1.82) is 0 Å². The van der Waals surface area contributed by atoms with Crippen LogP contribution in [0, 0.1) is 11.8 Å². The molecule has 3 atom stereocenters. The minimum atomic E-state index is -6.00. The molecule has 2 aliphatic carbocycles. The highest BCUT2D eigenvalue weighted by Gasteiger charge is 2.59. The van der Waals surface area contributed by atoms with Crippen LogP contribution in [0.5, 0.6) is 0 Å². The van der Waals surface area contributed by atoms with E-state index in [9.17, 15) is 17.3 Å². The highest BCUT2D eigenvalue weighted by molar-refractivity contribution is 7.61. The number of rotatable bonds is 1. The summed E-state index contributed by atoms with van der Waals surface area (Å²) < 4.78 is 39.0. The molecule has 3 rings (SSSR count). The van der Waals surface area contributed by atoms with E-state index in [2.05, 4.69) is 27.7 Å². The molecule has 2 bridgehead atoms. The lowest BCUT2D eigenvalue weighted by atomic mass is 9.97. The molecule has 0 aromatic rings. The summed E-state index contributed by atoms with van der Waals surface area (Å²) in [5.74, 6) is 2.28. The molecule has 1 heterocycles. The van der Waals surface area contributed by atoms with Gasteiger partial charge in [0.15, 0.2) is 0 Å². The van der Waals surface area contributed by atoms with Crippen LogP contribution in [-0.2, 0) is 0 Å². The Morgan fingerprint density at radius 2 is 1.36 bits per heavy atom. The van der Waals surface area contributed by atoms with Gasteiger partial charge >= 0.3 is 7.25 Å². The number of fused-ring (bicyclic) bond motifs is 2. The molecule has 3 fully saturated rings. The Hall–Kier alpha value is 0.215. The molecule has 0 N–H and O–H groups in total. The van der Waals surface area contributed by atoms with Gasteiger partial charge in [-0.05, 0) is 84.5 Å². The molecule has 1 saturated heterocycles. The van der Waals surface area contributed by atoms with Gasteiger partial charge in [0.1, 0.15) is 0 Å². The smallest absolute Gasteiger partial charge is 0.418 e. The summed E-state index contributed by atoms with van der Waals surface area (Å²) in [6.07, 6.45) is 10.9. The molecule has 0 amide bonds. The first-order valence-electron chi connectivity index (χ1n) is 8.65. The summed E-state index contributed by atoms with van der Waals surface area (Å²) >= 11 is 0. The Bertz CT molecular complexity index is 372. The van der Waals surface area contributed by atoms with Crippen LogP contribution < -0.4 is 0 Å². The zero-order chi connectivity index (χ0) is 16.8. The Balaban J connectivity index is 0.000000309. The zero-order valence-corrected chi connectivity index (χ0v) is 15.3. The first kappa shape index (κ1) is 18.6. The monoisotopic (exact) mass is 340 g/mol. The molecule has 22 heavy (non-hydrogen) atoms. The maximum absolute atomic E-state index is 9.75. The van der Waals surface area contributed by atoms with Crippen LogP contribution in [0.15, 0.2) is 0 Å². The normalized spacial score (nSPS) is 36.8. The third-order valence-electron chi connectivity index (χ3n) is 6.17. The van der Waals surface area contributed by atoms with E-state index in [0.717, 1.165) is 11.8 Å². The summed E-state index contributed by atoms with van der Waals surface area (Å²) in [5.41, 5.74) is 1.17. The third kappa shape index (κ3) is 4.39. The van der Waals surface area contributed by atoms with E-state index in [1.807, 2.05) is 0 Å². The predicted octanol–water partition coefficient (Wildman–Crippen LogP) is 6.43. The minimum absolute atomic E-state index is 0.208. The lowest BCUT2D eigenvalue weighted by molar-refractivity contribution is 0.368. The van der Waals surface area contributed by atoms with Crippen LogP contribution in [0.25, 0.3) is 0 Å². The van der Waals surface area contributed by atoms with Gasteiger partial charge in [-0.15, -0.1) is 0 Å². The van der Waals surface area contributed by atoms with Gasteiger partial charge in [0, 0.05) is 7.92 Å². The van der Waals surface area contributed by atoms with E-state index >= 15 is 0 Å². The van der Waals surface area contributed by atoms with Crippen molar-refractivity contribution in [3.8, 4) is 0 Å². The standard InChI is InChI=1S/C16H29P.BF4/c1-15(2)8-5-9-16(3,4)17(15)14-11-12-6-7-13(14)10-12;2-1(3,4)5/h12-14H,5-11H2,1-4H3;/q;-1/p+1/t12-,13+,14?;/m0./s1. The van der Waals surface area contributed by atoms with Crippen LogP contribution in [0.3, 0.4) is 0 Å². The minimum Gasteiger partial charge on any atom is -0.418 e. The van der Waals surface area contributed by atoms with E-state index in [1.165, 1.54) is 24.9 Å². The first-order valence-corrected chi connectivity index (χ1v) is 10.2. The molecule has 6 heteroatoms. The average Bonchev–Trinajstić information content (AvgIpc) is 2.85. The summed E-state index contributed by atoms with van der Waals surface area (Å²) in [6.45, 7) is 10.4. The second-order valence-corrected chi connectivity index (χ2v) is 13.1. The largest absolute Gasteiger partial charge is 0.673 e. The Kier molecular flexibility index (Phi) is 5.28. The summed E-state index contributed by atoms with van der Waals surface area (Å²) in [6, 6.07) is 0. The van der Waals surface area contributed by atoms with Gasteiger partial charge in [-0.25, -0.2) is 0 Å². The van der Waals surface area contributed by atoms with E-state index in [4.69, 9.17) is 0 Å². The molecule has 0 aromatic carbocycles. The molecule has 0 nitrogen and oxygen atoms in total. The Labute approximate surface area is 133 Å². The van der Waals surface area contributed by atoms with Crippen molar-refractivity contribution in [2.75, 3.05) is 0 Å². The van der Waals surface area contributed by atoms with Crippen molar-refractivity contribution in [2.45, 2.75) is 88.6 Å². The molecule has 0 spiro atoms. The van der Waals surface area contributed by atoms with Crippen LogP contribution in [0.1, 0.15) is 72.6 Å². The third-order valence-corrected chi connectivity index (χ3v) is 11.0.